The summed E-state index contributed by atoms with van der Waals surface area (Å²) in [7, 11) is 0. The number of thioether (sulfide) groups is 1. The largest absolute Gasteiger partial charge is 0.295 e. The van der Waals surface area contributed by atoms with Gasteiger partial charge in [0.25, 0.3) is 5.91 Å². The first-order valence-corrected chi connectivity index (χ1v) is 10.5. The van der Waals surface area contributed by atoms with E-state index in [0.717, 1.165) is 49.7 Å². The maximum atomic E-state index is 13.1. The Bertz CT molecular complexity index is 816. The SMILES string of the molecule is CCc1nc2n(n1)C(=O)C(C(c1cccc(Cl)c1)N1CCC(C)CC1)S2. The Morgan fingerprint density at radius 1 is 1.35 bits per heavy atom. The molecule has 2 aliphatic rings. The summed E-state index contributed by atoms with van der Waals surface area (Å²) in [4.78, 5) is 20.1. The summed E-state index contributed by atoms with van der Waals surface area (Å²) in [5, 5.41) is 5.57. The van der Waals surface area contributed by atoms with Crippen molar-refractivity contribution in [1.29, 1.82) is 0 Å². The van der Waals surface area contributed by atoms with Crippen LogP contribution in [-0.4, -0.2) is 43.9 Å². The molecule has 2 atom stereocenters. The molecule has 7 heteroatoms. The van der Waals surface area contributed by atoms with Gasteiger partial charge in [0, 0.05) is 11.4 Å². The van der Waals surface area contributed by atoms with Crippen LogP contribution in [0.1, 0.15) is 48.9 Å². The molecule has 2 unspecified atom stereocenters. The summed E-state index contributed by atoms with van der Waals surface area (Å²) in [6, 6.07) is 7.91. The molecule has 138 valence electrons. The molecule has 5 nitrogen and oxygen atoms in total. The van der Waals surface area contributed by atoms with Crippen molar-refractivity contribution in [2.75, 3.05) is 13.1 Å². The van der Waals surface area contributed by atoms with Crippen LogP contribution in [0.3, 0.4) is 0 Å². The molecule has 1 aromatic heterocycles. The van der Waals surface area contributed by atoms with Crippen LogP contribution >= 0.6 is 23.4 Å². The first kappa shape index (κ1) is 18.0. The molecule has 0 spiro atoms. The molecule has 1 aromatic carbocycles. The molecule has 3 heterocycles. The number of piperidine rings is 1. The van der Waals surface area contributed by atoms with Crippen molar-refractivity contribution < 1.29 is 4.79 Å². The van der Waals surface area contributed by atoms with E-state index in [-0.39, 0.29) is 17.2 Å². The van der Waals surface area contributed by atoms with Crippen LogP contribution in [0.25, 0.3) is 0 Å². The van der Waals surface area contributed by atoms with Gasteiger partial charge in [-0.05, 0) is 49.5 Å². The second kappa shape index (κ2) is 7.33. The minimum Gasteiger partial charge on any atom is -0.295 e. The van der Waals surface area contributed by atoms with Gasteiger partial charge >= 0.3 is 0 Å². The van der Waals surface area contributed by atoms with E-state index in [4.69, 9.17) is 11.6 Å². The monoisotopic (exact) mass is 390 g/mol. The number of benzene rings is 1. The lowest BCUT2D eigenvalue weighted by Gasteiger charge is -2.38. The molecular weight excluding hydrogens is 368 g/mol. The van der Waals surface area contributed by atoms with Gasteiger partial charge in [0.1, 0.15) is 5.25 Å². The third kappa shape index (κ3) is 3.30. The number of rotatable bonds is 4. The topological polar surface area (TPSA) is 51.0 Å². The molecule has 0 amide bonds. The highest BCUT2D eigenvalue weighted by Gasteiger charge is 2.43. The molecule has 0 bridgehead atoms. The van der Waals surface area contributed by atoms with Crippen LogP contribution in [0, 0.1) is 5.92 Å². The van der Waals surface area contributed by atoms with E-state index in [0.29, 0.717) is 10.2 Å². The number of halogens is 1. The van der Waals surface area contributed by atoms with E-state index in [9.17, 15) is 4.79 Å². The van der Waals surface area contributed by atoms with Crippen molar-refractivity contribution in [3.63, 3.8) is 0 Å². The Labute approximate surface area is 163 Å². The van der Waals surface area contributed by atoms with Crippen LogP contribution in [0.4, 0.5) is 0 Å². The number of likely N-dealkylation sites (tertiary alicyclic amines) is 1. The second-order valence-electron chi connectivity index (χ2n) is 7.17. The number of aromatic nitrogens is 3. The van der Waals surface area contributed by atoms with Crippen molar-refractivity contribution in [3.05, 3.63) is 40.7 Å². The molecule has 2 aromatic rings. The first-order chi connectivity index (χ1) is 12.6. The lowest BCUT2D eigenvalue weighted by Crippen LogP contribution is -2.42. The van der Waals surface area contributed by atoms with Gasteiger partial charge in [-0.1, -0.05) is 49.3 Å². The summed E-state index contributed by atoms with van der Waals surface area (Å²) in [6.07, 6.45) is 3.05. The molecule has 1 fully saturated rings. The summed E-state index contributed by atoms with van der Waals surface area (Å²) in [5.41, 5.74) is 1.10. The minimum atomic E-state index is -0.234. The van der Waals surface area contributed by atoms with Gasteiger partial charge in [0.05, 0.1) is 6.04 Å². The molecule has 4 rings (SSSR count). The van der Waals surface area contributed by atoms with Crippen molar-refractivity contribution in [1.82, 2.24) is 19.7 Å². The summed E-state index contributed by atoms with van der Waals surface area (Å²) < 4.78 is 1.50. The quantitative estimate of drug-likeness (QED) is 0.787. The fourth-order valence-electron chi connectivity index (χ4n) is 3.77. The average molecular weight is 391 g/mol. The summed E-state index contributed by atoms with van der Waals surface area (Å²) in [6.45, 7) is 6.30. The number of hydrogen-bond donors (Lipinski definition) is 0. The third-order valence-electron chi connectivity index (χ3n) is 5.31. The number of hydrogen-bond acceptors (Lipinski definition) is 5. The Morgan fingerprint density at radius 2 is 2.12 bits per heavy atom. The summed E-state index contributed by atoms with van der Waals surface area (Å²) in [5.74, 6) is 1.49. The highest BCUT2D eigenvalue weighted by atomic mass is 35.5. The van der Waals surface area contributed by atoms with E-state index in [1.54, 1.807) is 0 Å². The van der Waals surface area contributed by atoms with Gasteiger partial charge in [0.2, 0.25) is 0 Å². The molecule has 2 aliphatic heterocycles. The van der Waals surface area contributed by atoms with Gasteiger partial charge in [-0.2, -0.15) is 4.68 Å². The highest BCUT2D eigenvalue weighted by Crippen LogP contribution is 2.42. The number of carbonyl (C=O) groups excluding carboxylic acids is 1. The molecule has 0 saturated carbocycles. The van der Waals surface area contributed by atoms with Crippen molar-refractivity contribution in [2.45, 2.75) is 49.6 Å². The number of carbonyl (C=O) groups is 1. The fourth-order valence-corrected chi connectivity index (χ4v) is 5.24. The van der Waals surface area contributed by atoms with Gasteiger partial charge < -0.3 is 0 Å². The first-order valence-electron chi connectivity index (χ1n) is 9.23. The van der Waals surface area contributed by atoms with E-state index in [2.05, 4.69) is 28.0 Å². The predicted octanol–water partition coefficient (Wildman–Crippen LogP) is 4.08. The van der Waals surface area contributed by atoms with Crippen LogP contribution in [0.15, 0.2) is 29.4 Å². The van der Waals surface area contributed by atoms with Gasteiger partial charge in [-0.15, -0.1) is 5.10 Å². The maximum absolute atomic E-state index is 13.1. The molecule has 0 N–H and O–H groups in total. The number of aryl methyl sites for hydroxylation is 1. The van der Waals surface area contributed by atoms with E-state index in [1.165, 1.54) is 16.4 Å². The van der Waals surface area contributed by atoms with Crippen molar-refractivity contribution >= 4 is 29.3 Å². The Hall–Kier alpha value is -1.37. The third-order valence-corrected chi connectivity index (χ3v) is 6.73. The standard InChI is InChI=1S/C19H23ClN4OS/c1-3-15-21-19-24(22-15)18(25)17(26-19)16(13-5-4-6-14(20)11-13)23-9-7-12(2)8-10-23/h4-6,11-12,16-17H,3,7-10H2,1-2H3. The van der Waals surface area contributed by atoms with Crippen LogP contribution in [0.2, 0.25) is 5.02 Å². The van der Waals surface area contributed by atoms with E-state index < -0.39 is 0 Å². The lowest BCUT2D eigenvalue weighted by molar-refractivity contribution is 0.0799. The fraction of sp³-hybridized carbons (Fsp3) is 0.526. The lowest BCUT2D eigenvalue weighted by atomic mass is 9.94. The number of fused-ring (bicyclic) bond motifs is 1. The molecule has 0 aliphatic carbocycles. The summed E-state index contributed by atoms with van der Waals surface area (Å²) >= 11 is 7.80. The van der Waals surface area contributed by atoms with Crippen LogP contribution < -0.4 is 0 Å². The molecule has 0 radical (unpaired) electrons. The Balaban J connectivity index is 1.67. The zero-order valence-electron chi connectivity index (χ0n) is 15.1. The van der Waals surface area contributed by atoms with Gasteiger partial charge in [-0.25, -0.2) is 4.98 Å². The van der Waals surface area contributed by atoms with E-state index >= 15 is 0 Å². The van der Waals surface area contributed by atoms with Gasteiger partial charge in [0.15, 0.2) is 11.0 Å². The molecule has 26 heavy (non-hydrogen) atoms. The maximum Gasteiger partial charge on any atom is 0.264 e. The zero-order valence-corrected chi connectivity index (χ0v) is 16.6. The second-order valence-corrected chi connectivity index (χ2v) is 8.72. The molecule has 1 saturated heterocycles. The minimum absolute atomic E-state index is 0.00715. The Morgan fingerprint density at radius 3 is 2.77 bits per heavy atom. The smallest absolute Gasteiger partial charge is 0.264 e. The van der Waals surface area contributed by atoms with Crippen molar-refractivity contribution in [3.8, 4) is 0 Å². The number of nitrogens with zero attached hydrogens (tertiary/aromatic N) is 4. The zero-order chi connectivity index (χ0) is 18.3. The highest BCUT2D eigenvalue weighted by molar-refractivity contribution is 8.00. The predicted molar refractivity (Wildman–Crippen MR) is 104 cm³/mol. The van der Waals surface area contributed by atoms with Crippen molar-refractivity contribution in [2.24, 2.45) is 5.92 Å². The van der Waals surface area contributed by atoms with Crippen LogP contribution in [-0.2, 0) is 6.42 Å². The average Bonchev–Trinajstić information content (AvgIpc) is 3.17. The normalized spacial score (nSPS) is 22.6. The Kier molecular flexibility index (Phi) is 5.08. The molecular formula is C19H23ClN4OS. The van der Waals surface area contributed by atoms with Crippen LogP contribution in [0.5, 0.6) is 0 Å². The van der Waals surface area contributed by atoms with E-state index in [1.807, 2.05) is 25.1 Å². The van der Waals surface area contributed by atoms with Gasteiger partial charge in [-0.3, -0.25) is 9.69 Å².